The minimum absolute atomic E-state index is 0.112. The van der Waals surface area contributed by atoms with E-state index in [4.69, 9.17) is 17.0 Å². The zero-order chi connectivity index (χ0) is 16.3. The molecule has 0 saturated carbocycles. The van der Waals surface area contributed by atoms with Gasteiger partial charge in [0.25, 0.3) is 5.91 Å². The molecule has 1 aliphatic rings. The molecule has 114 valence electrons. The van der Waals surface area contributed by atoms with Crippen LogP contribution in [0.4, 0.5) is 5.69 Å². The molecule has 1 aliphatic heterocycles. The van der Waals surface area contributed by atoms with Gasteiger partial charge in [-0.05, 0) is 6.08 Å². The van der Waals surface area contributed by atoms with Gasteiger partial charge in [-0.25, -0.2) is 0 Å². The number of thioether (sulfide) groups is 1. The molecule has 0 aromatic heterocycles. The largest absolute Gasteiger partial charge is 0.490 e. The second kappa shape index (κ2) is 6.71. The van der Waals surface area contributed by atoms with E-state index in [2.05, 4.69) is 6.58 Å². The summed E-state index contributed by atoms with van der Waals surface area (Å²) in [6.45, 7) is 3.91. The molecule has 0 unspecified atom stereocenters. The molecule has 8 heteroatoms. The van der Waals surface area contributed by atoms with Gasteiger partial charge in [0.15, 0.2) is 0 Å². The second-order valence-electron chi connectivity index (χ2n) is 4.24. The smallest absolute Gasteiger partial charge is 0.311 e. The van der Waals surface area contributed by atoms with Gasteiger partial charge in [0.2, 0.25) is 5.75 Å². The lowest BCUT2D eigenvalue weighted by atomic mass is 10.1. The normalized spacial score (nSPS) is 16.2. The van der Waals surface area contributed by atoms with Gasteiger partial charge in [-0.3, -0.25) is 19.8 Å². The standard InChI is InChI=1S/C14H12N2O4S2/c1-3-7-15-13(17)11(22-14(15)21)8-9-5-4-6-10(16(18)19)12(9)20-2/h3-6,8H,1,7H2,2H3/b11-8-. The monoisotopic (exact) mass is 336 g/mol. The highest BCUT2D eigenvalue weighted by Gasteiger charge is 2.31. The molecule has 6 nitrogen and oxygen atoms in total. The molecular formula is C14H12N2O4S2. The van der Waals surface area contributed by atoms with E-state index in [1.54, 1.807) is 18.2 Å². The van der Waals surface area contributed by atoms with Crippen molar-refractivity contribution in [3.8, 4) is 5.75 Å². The summed E-state index contributed by atoms with van der Waals surface area (Å²) >= 11 is 6.29. The number of benzene rings is 1. The molecule has 1 heterocycles. The Balaban J connectivity index is 2.44. The highest BCUT2D eigenvalue weighted by atomic mass is 32.2. The fourth-order valence-corrected chi connectivity index (χ4v) is 3.22. The average Bonchev–Trinajstić information content (AvgIpc) is 2.75. The number of nitro benzene ring substituents is 1. The Morgan fingerprint density at radius 3 is 2.86 bits per heavy atom. The number of rotatable bonds is 5. The van der Waals surface area contributed by atoms with Crippen LogP contribution in [-0.4, -0.2) is 33.7 Å². The van der Waals surface area contributed by atoms with Gasteiger partial charge >= 0.3 is 5.69 Å². The minimum Gasteiger partial charge on any atom is -0.490 e. The molecular weight excluding hydrogens is 324 g/mol. The number of amides is 1. The van der Waals surface area contributed by atoms with Gasteiger partial charge in [-0.2, -0.15) is 0 Å². The van der Waals surface area contributed by atoms with E-state index >= 15 is 0 Å². The molecule has 1 fully saturated rings. The molecule has 1 amide bonds. The molecule has 0 atom stereocenters. The van der Waals surface area contributed by atoms with E-state index in [9.17, 15) is 14.9 Å². The number of carbonyl (C=O) groups excluding carboxylic acids is 1. The molecule has 1 aromatic carbocycles. The topological polar surface area (TPSA) is 72.7 Å². The van der Waals surface area contributed by atoms with Crippen molar-refractivity contribution in [2.24, 2.45) is 0 Å². The molecule has 1 saturated heterocycles. The van der Waals surface area contributed by atoms with Crippen molar-refractivity contribution in [3.63, 3.8) is 0 Å². The fraction of sp³-hybridized carbons (Fsp3) is 0.143. The number of nitro groups is 1. The summed E-state index contributed by atoms with van der Waals surface area (Å²) in [5, 5.41) is 11.0. The summed E-state index contributed by atoms with van der Waals surface area (Å²) in [5.41, 5.74) is 0.300. The number of methoxy groups -OCH3 is 1. The summed E-state index contributed by atoms with van der Waals surface area (Å²) in [4.78, 5) is 24.6. The first-order valence-corrected chi connectivity index (χ1v) is 7.39. The Morgan fingerprint density at radius 2 is 2.27 bits per heavy atom. The minimum atomic E-state index is -0.529. The van der Waals surface area contributed by atoms with Crippen LogP contribution >= 0.6 is 24.0 Å². The fourth-order valence-electron chi connectivity index (χ4n) is 1.95. The maximum Gasteiger partial charge on any atom is 0.311 e. The number of carbonyl (C=O) groups is 1. The first-order chi connectivity index (χ1) is 10.5. The Kier molecular flexibility index (Phi) is 4.94. The third-order valence-electron chi connectivity index (χ3n) is 2.90. The van der Waals surface area contributed by atoms with E-state index in [0.717, 1.165) is 11.8 Å². The highest BCUT2D eigenvalue weighted by Crippen LogP contribution is 2.37. The van der Waals surface area contributed by atoms with E-state index in [-0.39, 0.29) is 17.3 Å². The zero-order valence-corrected chi connectivity index (χ0v) is 13.3. The Bertz CT molecular complexity index is 700. The molecule has 22 heavy (non-hydrogen) atoms. The number of hydrogen-bond donors (Lipinski definition) is 0. The van der Waals surface area contributed by atoms with Crippen LogP contribution in [0.2, 0.25) is 0 Å². The molecule has 1 aromatic rings. The average molecular weight is 336 g/mol. The maximum atomic E-state index is 12.3. The Labute approximate surface area is 136 Å². The van der Waals surface area contributed by atoms with E-state index < -0.39 is 4.92 Å². The quantitative estimate of drug-likeness (QED) is 0.271. The Hall–Kier alpha value is -2.19. The van der Waals surface area contributed by atoms with E-state index in [1.807, 2.05) is 0 Å². The zero-order valence-electron chi connectivity index (χ0n) is 11.6. The van der Waals surface area contributed by atoms with Crippen molar-refractivity contribution in [1.82, 2.24) is 4.90 Å². The first kappa shape index (κ1) is 16.2. The summed E-state index contributed by atoms with van der Waals surface area (Å²) in [6, 6.07) is 4.53. The molecule has 0 N–H and O–H groups in total. The van der Waals surface area contributed by atoms with Gasteiger partial charge in [-0.15, -0.1) is 6.58 Å². The third kappa shape index (κ3) is 3.02. The van der Waals surface area contributed by atoms with Gasteiger partial charge in [0.1, 0.15) is 4.32 Å². The predicted octanol–water partition coefficient (Wildman–Crippen LogP) is 2.99. The number of ether oxygens (including phenoxy) is 1. The van der Waals surface area contributed by atoms with Crippen molar-refractivity contribution < 1.29 is 14.5 Å². The SMILES string of the molecule is C=CCN1C(=O)/C(=C/c2cccc([N+](=O)[O-])c2OC)SC1=S. The van der Waals surface area contributed by atoms with Gasteiger partial charge in [-0.1, -0.05) is 42.2 Å². The number of hydrogen-bond acceptors (Lipinski definition) is 6. The van der Waals surface area contributed by atoms with Crippen LogP contribution in [0.25, 0.3) is 6.08 Å². The van der Waals surface area contributed by atoms with Crippen LogP contribution in [-0.2, 0) is 4.79 Å². The van der Waals surface area contributed by atoms with Gasteiger partial charge in [0, 0.05) is 18.2 Å². The van der Waals surface area contributed by atoms with Crippen LogP contribution in [0.5, 0.6) is 5.75 Å². The van der Waals surface area contributed by atoms with Crippen LogP contribution in [0.3, 0.4) is 0 Å². The van der Waals surface area contributed by atoms with Crippen molar-refractivity contribution >= 4 is 46.0 Å². The predicted molar refractivity (Wildman–Crippen MR) is 89.7 cm³/mol. The number of para-hydroxylation sites is 1. The van der Waals surface area contributed by atoms with Crippen LogP contribution in [0.15, 0.2) is 35.8 Å². The first-order valence-electron chi connectivity index (χ1n) is 6.17. The summed E-state index contributed by atoms with van der Waals surface area (Å²) in [6.07, 6.45) is 3.13. The molecule has 0 radical (unpaired) electrons. The molecule has 0 bridgehead atoms. The highest BCUT2D eigenvalue weighted by molar-refractivity contribution is 8.26. The van der Waals surface area contributed by atoms with Crippen LogP contribution in [0, 0.1) is 10.1 Å². The van der Waals surface area contributed by atoms with Gasteiger partial charge in [0.05, 0.1) is 16.9 Å². The van der Waals surface area contributed by atoms with E-state index in [1.165, 1.54) is 24.1 Å². The van der Waals surface area contributed by atoms with Crippen molar-refractivity contribution in [2.75, 3.05) is 13.7 Å². The number of nitrogens with zero attached hydrogens (tertiary/aromatic N) is 2. The van der Waals surface area contributed by atoms with Crippen molar-refractivity contribution in [1.29, 1.82) is 0 Å². The van der Waals surface area contributed by atoms with Crippen molar-refractivity contribution in [3.05, 3.63) is 51.4 Å². The molecule has 0 spiro atoms. The lowest BCUT2D eigenvalue weighted by Gasteiger charge is -2.10. The number of thiocarbonyl (C=S) groups is 1. The molecule has 0 aliphatic carbocycles. The van der Waals surface area contributed by atoms with Crippen LogP contribution in [0.1, 0.15) is 5.56 Å². The van der Waals surface area contributed by atoms with Crippen molar-refractivity contribution in [2.45, 2.75) is 0 Å². The third-order valence-corrected chi connectivity index (χ3v) is 4.28. The Morgan fingerprint density at radius 1 is 1.55 bits per heavy atom. The lowest BCUT2D eigenvalue weighted by Crippen LogP contribution is -2.27. The summed E-state index contributed by atoms with van der Waals surface area (Å²) in [5.74, 6) is -0.134. The summed E-state index contributed by atoms with van der Waals surface area (Å²) < 4.78 is 5.55. The lowest BCUT2D eigenvalue weighted by molar-refractivity contribution is -0.385. The van der Waals surface area contributed by atoms with Gasteiger partial charge < -0.3 is 4.74 Å². The summed E-state index contributed by atoms with van der Waals surface area (Å²) in [7, 11) is 1.35. The molecule has 2 rings (SSSR count). The maximum absolute atomic E-state index is 12.3. The van der Waals surface area contributed by atoms with Crippen LogP contribution < -0.4 is 4.74 Å². The second-order valence-corrected chi connectivity index (χ2v) is 5.91. The van der Waals surface area contributed by atoms with E-state index in [0.29, 0.717) is 21.3 Å².